The first-order valence-electron chi connectivity index (χ1n) is 15.0. The number of amides is 1. The Morgan fingerprint density at radius 3 is 2.69 bits per heavy atom. The Hall–Kier alpha value is -2.51. The lowest BCUT2D eigenvalue weighted by atomic mass is 9.71. The summed E-state index contributed by atoms with van der Waals surface area (Å²) in [5, 5.41) is 0. The van der Waals surface area contributed by atoms with Crippen LogP contribution >= 0.6 is 0 Å². The van der Waals surface area contributed by atoms with Crippen LogP contribution in [0.4, 0.5) is 0 Å². The van der Waals surface area contributed by atoms with Crippen molar-refractivity contribution in [3.05, 3.63) is 42.0 Å². The van der Waals surface area contributed by atoms with Gasteiger partial charge in [-0.05, 0) is 49.5 Å². The number of carbonyl (C=O) groups excluding carboxylic acids is 3. The average molecular weight is 535 g/mol. The number of fused-ring (bicyclic) bond motifs is 1. The Balaban J connectivity index is 1.30. The van der Waals surface area contributed by atoms with Gasteiger partial charge >= 0.3 is 0 Å². The number of benzene rings is 1. The van der Waals surface area contributed by atoms with Gasteiger partial charge in [0, 0.05) is 25.4 Å². The number of hydrogen-bond acceptors (Lipinski definition) is 6. The summed E-state index contributed by atoms with van der Waals surface area (Å²) in [5.41, 5.74) is -0.172. The molecule has 0 N–H and O–H groups in total. The number of rotatable bonds is 10. The number of likely N-dealkylation sites (tertiary alicyclic amines) is 2. The van der Waals surface area contributed by atoms with Crippen molar-refractivity contribution >= 4 is 17.5 Å². The number of ether oxygens (including phenoxy) is 2. The van der Waals surface area contributed by atoms with Gasteiger partial charge in [0.15, 0.2) is 5.78 Å². The van der Waals surface area contributed by atoms with Crippen molar-refractivity contribution in [1.29, 1.82) is 0 Å². The summed E-state index contributed by atoms with van der Waals surface area (Å²) in [6.45, 7) is 4.65. The van der Waals surface area contributed by atoms with E-state index in [1.54, 1.807) is 7.11 Å². The van der Waals surface area contributed by atoms with Gasteiger partial charge in [-0.2, -0.15) is 0 Å². The largest absolute Gasteiger partial charge is 0.497 e. The SMILES string of the molecule is CCN1CCCC1CN1C(=O)C2C(C(=O)Cc3cccc(OC)c3)C3C=CC2(O3)C1C(=O)CC1CCCCC1. The van der Waals surface area contributed by atoms with Gasteiger partial charge in [0.05, 0.1) is 25.0 Å². The smallest absolute Gasteiger partial charge is 0.230 e. The maximum Gasteiger partial charge on any atom is 0.230 e. The van der Waals surface area contributed by atoms with Crippen molar-refractivity contribution in [2.45, 2.75) is 88.5 Å². The van der Waals surface area contributed by atoms with Crippen molar-refractivity contribution < 1.29 is 23.9 Å². The van der Waals surface area contributed by atoms with Crippen LogP contribution in [0.2, 0.25) is 0 Å². The van der Waals surface area contributed by atoms with Crippen LogP contribution in [-0.4, -0.2) is 77.8 Å². The first-order chi connectivity index (χ1) is 18.9. The second kappa shape index (κ2) is 10.8. The average Bonchev–Trinajstić information content (AvgIpc) is 3.70. The molecule has 7 heteroatoms. The molecule has 0 aromatic heterocycles. The molecule has 4 heterocycles. The van der Waals surface area contributed by atoms with Crippen LogP contribution in [0.25, 0.3) is 0 Å². The summed E-state index contributed by atoms with van der Waals surface area (Å²) in [7, 11) is 1.61. The van der Waals surface area contributed by atoms with Crippen LogP contribution in [-0.2, 0) is 25.5 Å². The molecule has 6 atom stereocenters. The van der Waals surface area contributed by atoms with E-state index in [4.69, 9.17) is 9.47 Å². The van der Waals surface area contributed by atoms with Crippen molar-refractivity contribution in [3.8, 4) is 5.75 Å². The molecular formula is C32H42N2O5. The molecule has 39 heavy (non-hydrogen) atoms. The van der Waals surface area contributed by atoms with Crippen LogP contribution in [0.1, 0.15) is 63.9 Å². The third-order valence-electron chi connectivity index (χ3n) is 10.1. The lowest BCUT2D eigenvalue weighted by Gasteiger charge is -2.36. The molecule has 1 saturated carbocycles. The van der Waals surface area contributed by atoms with Crippen LogP contribution in [0.5, 0.6) is 5.75 Å². The summed E-state index contributed by atoms with van der Waals surface area (Å²) in [6, 6.07) is 7.12. The normalized spacial score (nSPS) is 34.2. The Morgan fingerprint density at radius 2 is 1.92 bits per heavy atom. The number of Topliss-reactive ketones (excluding diaryl/α,β-unsaturated/α-hetero) is 2. The highest BCUT2D eigenvalue weighted by Gasteiger charge is 2.72. The summed E-state index contributed by atoms with van der Waals surface area (Å²) in [5.74, 6) is -0.0911. The number of nitrogens with zero attached hydrogens (tertiary/aromatic N) is 2. The number of likely N-dealkylation sites (N-methyl/N-ethyl adjacent to an activating group) is 1. The highest BCUT2D eigenvalue weighted by atomic mass is 16.5. The first kappa shape index (κ1) is 26.7. The second-order valence-corrected chi connectivity index (χ2v) is 12.3. The highest BCUT2D eigenvalue weighted by molar-refractivity contribution is 6.01. The molecule has 6 unspecified atom stereocenters. The molecule has 3 saturated heterocycles. The Morgan fingerprint density at radius 1 is 1.10 bits per heavy atom. The minimum Gasteiger partial charge on any atom is -0.497 e. The number of carbonyl (C=O) groups is 3. The molecule has 6 rings (SSSR count). The molecule has 4 fully saturated rings. The molecule has 1 spiro atoms. The van der Waals surface area contributed by atoms with Gasteiger partial charge in [0.1, 0.15) is 23.2 Å². The van der Waals surface area contributed by atoms with Gasteiger partial charge in [0.25, 0.3) is 0 Å². The lowest BCUT2D eigenvalue weighted by molar-refractivity contribution is -0.141. The van der Waals surface area contributed by atoms with Crippen LogP contribution in [0, 0.1) is 17.8 Å². The van der Waals surface area contributed by atoms with Crippen molar-refractivity contribution in [2.24, 2.45) is 17.8 Å². The van der Waals surface area contributed by atoms with E-state index < -0.39 is 29.6 Å². The zero-order chi connectivity index (χ0) is 27.1. The second-order valence-electron chi connectivity index (χ2n) is 12.3. The maximum atomic E-state index is 14.3. The van der Waals surface area contributed by atoms with Gasteiger partial charge in [-0.25, -0.2) is 0 Å². The Bertz CT molecular complexity index is 1140. The summed E-state index contributed by atoms with van der Waals surface area (Å²) in [4.78, 5) is 46.5. The number of hydrogen-bond donors (Lipinski definition) is 0. The molecule has 7 nitrogen and oxygen atoms in total. The minimum atomic E-state index is -1.03. The topological polar surface area (TPSA) is 76.2 Å². The monoisotopic (exact) mass is 534 g/mol. The maximum absolute atomic E-state index is 14.3. The van der Waals surface area contributed by atoms with E-state index >= 15 is 0 Å². The molecule has 1 aliphatic carbocycles. The van der Waals surface area contributed by atoms with Crippen molar-refractivity contribution in [1.82, 2.24) is 9.80 Å². The lowest BCUT2D eigenvalue weighted by Crippen LogP contribution is -2.53. The zero-order valence-corrected chi connectivity index (χ0v) is 23.3. The summed E-state index contributed by atoms with van der Waals surface area (Å²) < 4.78 is 11.9. The summed E-state index contributed by atoms with van der Waals surface area (Å²) >= 11 is 0. The molecular weight excluding hydrogens is 492 g/mol. The van der Waals surface area contributed by atoms with Gasteiger partial charge in [-0.15, -0.1) is 0 Å². The predicted molar refractivity (Wildman–Crippen MR) is 147 cm³/mol. The predicted octanol–water partition coefficient (Wildman–Crippen LogP) is 3.98. The van der Waals surface area contributed by atoms with E-state index in [9.17, 15) is 14.4 Å². The standard InChI is InChI=1S/C32H42N2O5/c1-3-33-16-8-12-23(33)20-34-30(26(36)18-21-9-5-4-6-10-21)32-15-14-27(39-32)28(29(32)31(34)37)25(35)19-22-11-7-13-24(17-22)38-2/h7,11,13-15,17,21,23,27-30H,3-6,8-10,12,16,18-20H2,1-2H3. The third-order valence-corrected chi connectivity index (χ3v) is 10.1. The van der Waals surface area contributed by atoms with Crippen LogP contribution in [0.3, 0.4) is 0 Å². The fourth-order valence-electron chi connectivity index (χ4n) is 8.25. The third kappa shape index (κ3) is 4.65. The minimum absolute atomic E-state index is 0.00536. The van der Waals surface area contributed by atoms with Gasteiger partial charge in [0.2, 0.25) is 5.91 Å². The van der Waals surface area contributed by atoms with Crippen molar-refractivity contribution in [3.63, 3.8) is 0 Å². The van der Waals surface area contributed by atoms with Crippen LogP contribution < -0.4 is 4.74 Å². The quantitative estimate of drug-likeness (QED) is 0.423. The molecule has 4 aliphatic heterocycles. The highest BCUT2D eigenvalue weighted by Crippen LogP contribution is 2.56. The van der Waals surface area contributed by atoms with E-state index in [0.717, 1.165) is 44.3 Å². The van der Waals surface area contributed by atoms with Gasteiger partial charge in [-0.1, -0.05) is 63.3 Å². The number of methoxy groups -OCH3 is 1. The molecule has 1 aromatic rings. The van der Waals surface area contributed by atoms with Crippen LogP contribution in [0.15, 0.2) is 36.4 Å². The van der Waals surface area contributed by atoms with Gasteiger partial charge in [-0.3, -0.25) is 19.3 Å². The first-order valence-corrected chi connectivity index (χ1v) is 15.0. The molecule has 0 radical (unpaired) electrons. The molecule has 5 aliphatic rings. The van der Waals surface area contributed by atoms with E-state index in [2.05, 4.69) is 11.8 Å². The van der Waals surface area contributed by atoms with E-state index in [-0.39, 0.29) is 29.9 Å². The van der Waals surface area contributed by atoms with E-state index in [0.29, 0.717) is 24.6 Å². The molecule has 210 valence electrons. The van der Waals surface area contributed by atoms with E-state index in [1.807, 2.05) is 41.3 Å². The summed E-state index contributed by atoms with van der Waals surface area (Å²) in [6.07, 6.45) is 12.0. The molecule has 1 amide bonds. The van der Waals surface area contributed by atoms with E-state index in [1.165, 1.54) is 19.3 Å². The Labute approximate surface area is 231 Å². The van der Waals surface area contributed by atoms with Crippen molar-refractivity contribution in [2.75, 3.05) is 26.7 Å². The Kier molecular flexibility index (Phi) is 7.40. The zero-order valence-electron chi connectivity index (χ0n) is 23.3. The number of ketones is 2. The molecule has 1 aromatic carbocycles. The fourth-order valence-corrected chi connectivity index (χ4v) is 8.25. The van der Waals surface area contributed by atoms with Gasteiger partial charge < -0.3 is 14.4 Å². The molecule has 2 bridgehead atoms. The fraction of sp³-hybridized carbons (Fsp3) is 0.656.